The zero-order valence-corrected chi connectivity index (χ0v) is 19.7. The van der Waals surface area contributed by atoms with E-state index in [1.807, 2.05) is 18.2 Å². The highest BCUT2D eigenvalue weighted by Gasteiger charge is 2.44. The van der Waals surface area contributed by atoms with Gasteiger partial charge in [0.15, 0.2) is 0 Å². The van der Waals surface area contributed by atoms with Crippen LogP contribution in [0.15, 0.2) is 30.3 Å². The molecule has 0 atom stereocenters. The number of nitrogens with zero attached hydrogens (tertiary/aromatic N) is 1. The third-order valence-electron chi connectivity index (χ3n) is 5.31. The number of likely N-dealkylation sites (N-methyl/N-ethyl adjacent to an activating group) is 1. The first-order chi connectivity index (χ1) is 14.4. The fourth-order valence-corrected chi connectivity index (χ4v) is 5.19. The van der Waals surface area contributed by atoms with Crippen LogP contribution in [0.1, 0.15) is 45.1 Å². The second-order valence-corrected chi connectivity index (χ2v) is 10.5. The van der Waals surface area contributed by atoms with Crippen molar-refractivity contribution in [1.29, 1.82) is 0 Å². The largest absolute Gasteiger partial charge is 0.464 e. The molecule has 0 heterocycles. The van der Waals surface area contributed by atoms with Crippen LogP contribution in [-0.2, 0) is 35.2 Å². The number of ether oxygens (including phenoxy) is 1. The quantitative estimate of drug-likeness (QED) is 0.382. The Morgan fingerprint density at radius 1 is 0.968 bits per heavy atom. The van der Waals surface area contributed by atoms with Gasteiger partial charge in [0.25, 0.3) is 20.2 Å². The van der Waals surface area contributed by atoms with E-state index in [1.54, 1.807) is 0 Å². The van der Waals surface area contributed by atoms with Crippen LogP contribution in [0.3, 0.4) is 0 Å². The predicted octanol–water partition coefficient (Wildman–Crippen LogP) is 2.15. The lowest BCUT2D eigenvalue weighted by molar-refractivity contribution is -0.151. The van der Waals surface area contributed by atoms with E-state index in [4.69, 9.17) is 13.8 Å². The van der Waals surface area contributed by atoms with E-state index in [0.717, 1.165) is 50.9 Å². The molecule has 1 fully saturated rings. The van der Waals surface area contributed by atoms with Crippen LogP contribution in [0, 0.1) is 0 Å². The monoisotopic (exact) mass is 479 g/mol. The molecule has 0 spiro atoms. The topological polar surface area (TPSA) is 138 Å². The third kappa shape index (κ3) is 10.1. The van der Waals surface area contributed by atoms with Crippen LogP contribution in [-0.4, -0.2) is 74.6 Å². The number of hydrogen-bond acceptors (Lipinski definition) is 7. The molecule has 0 saturated heterocycles. The van der Waals surface area contributed by atoms with Gasteiger partial charge in [0.2, 0.25) is 0 Å². The zero-order valence-electron chi connectivity index (χ0n) is 18.1. The summed E-state index contributed by atoms with van der Waals surface area (Å²) in [5, 5.41) is 0. The number of rotatable bonds is 10. The maximum Gasteiger partial charge on any atom is 0.316 e. The Kier molecular flexibility index (Phi) is 11.1. The lowest BCUT2D eigenvalue weighted by atomic mass is 9.79. The summed E-state index contributed by atoms with van der Waals surface area (Å²) in [6, 6.07) is 10.2. The van der Waals surface area contributed by atoms with E-state index in [1.165, 1.54) is 0 Å². The van der Waals surface area contributed by atoms with Gasteiger partial charge in [-0.15, -0.1) is 0 Å². The van der Waals surface area contributed by atoms with Crippen molar-refractivity contribution in [2.75, 3.05) is 37.7 Å². The number of carbonyl (C=O) groups is 1. The van der Waals surface area contributed by atoms with Gasteiger partial charge < -0.3 is 9.64 Å². The molecule has 1 aliphatic carbocycles. The summed E-state index contributed by atoms with van der Waals surface area (Å²) >= 11 is 0. The highest BCUT2D eigenvalue weighted by Crippen LogP contribution is 2.42. The van der Waals surface area contributed by atoms with Gasteiger partial charge in [-0.3, -0.25) is 13.9 Å². The third-order valence-corrected chi connectivity index (χ3v) is 7.01. The van der Waals surface area contributed by atoms with Crippen LogP contribution in [0.4, 0.5) is 0 Å². The summed E-state index contributed by atoms with van der Waals surface area (Å²) in [5.41, 5.74) is 0.722. The first kappa shape index (κ1) is 27.5. The van der Waals surface area contributed by atoms with E-state index in [0.29, 0.717) is 6.61 Å². The molecular weight excluding hydrogens is 446 g/mol. The first-order valence-electron chi connectivity index (χ1n) is 10.3. The molecule has 0 aliphatic heterocycles. The fourth-order valence-electron chi connectivity index (χ4n) is 3.50. The summed E-state index contributed by atoms with van der Waals surface area (Å²) in [5.74, 6) is -1.99. The molecule has 0 bridgehead atoms. The molecule has 11 heteroatoms. The van der Waals surface area contributed by atoms with Gasteiger partial charge in [-0.05, 0) is 31.5 Å². The fraction of sp³-hybridized carbons (Fsp3) is 0.650. The highest BCUT2D eigenvalue weighted by atomic mass is 32.2. The van der Waals surface area contributed by atoms with Gasteiger partial charge in [-0.2, -0.15) is 16.8 Å². The molecule has 2 N–H and O–H groups in total. The van der Waals surface area contributed by atoms with Crippen LogP contribution >= 0.6 is 0 Å². The number of carbonyl (C=O) groups excluding carboxylic acids is 1. The minimum absolute atomic E-state index is 0.0293. The second kappa shape index (κ2) is 12.5. The average molecular weight is 480 g/mol. The molecule has 0 aromatic heterocycles. The van der Waals surface area contributed by atoms with E-state index in [-0.39, 0.29) is 5.97 Å². The number of benzene rings is 1. The summed E-state index contributed by atoms with van der Waals surface area (Å²) in [6.07, 6.45) is 4.06. The Bertz CT molecular complexity index is 843. The lowest BCUT2D eigenvalue weighted by Gasteiger charge is -2.28. The van der Waals surface area contributed by atoms with E-state index in [9.17, 15) is 21.6 Å². The smallest absolute Gasteiger partial charge is 0.316 e. The van der Waals surface area contributed by atoms with E-state index < -0.39 is 37.2 Å². The van der Waals surface area contributed by atoms with Crippen molar-refractivity contribution in [3.63, 3.8) is 0 Å². The molecule has 0 radical (unpaired) electrons. The summed E-state index contributed by atoms with van der Waals surface area (Å²) in [7, 11) is -8.59. The van der Waals surface area contributed by atoms with Crippen LogP contribution in [0.5, 0.6) is 0 Å². The van der Waals surface area contributed by atoms with Crippen molar-refractivity contribution in [1.82, 2.24) is 4.90 Å². The van der Waals surface area contributed by atoms with Crippen molar-refractivity contribution in [3.8, 4) is 0 Å². The van der Waals surface area contributed by atoms with Crippen molar-refractivity contribution in [3.05, 3.63) is 35.9 Å². The Labute approximate surface area is 185 Å². The van der Waals surface area contributed by atoms with Crippen molar-refractivity contribution >= 4 is 26.2 Å². The Morgan fingerprint density at radius 2 is 1.45 bits per heavy atom. The van der Waals surface area contributed by atoms with E-state index in [2.05, 4.69) is 30.9 Å². The molecule has 0 amide bonds. The first-order valence-corrected chi connectivity index (χ1v) is 13.5. The molecule has 178 valence electrons. The summed E-state index contributed by atoms with van der Waals surface area (Å²) in [6.45, 7) is 7.58. The SMILES string of the molecule is CCN(CC)CCOC(=O)C1(c2ccccc2)CCCC1.O=S(=O)(O)CCS(=O)(=O)O. The Morgan fingerprint density at radius 3 is 1.87 bits per heavy atom. The molecule has 2 rings (SSSR count). The van der Waals surface area contributed by atoms with Gasteiger partial charge in [-0.1, -0.05) is 57.0 Å². The molecular formula is C20H33NO8S2. The Hall–Kier alpha value is -1.53. The van der Waals surface area contributed by atoms with Crippen LogP contribution in [0.25, 0.3) is 0 Å². The van der Waals surface area contributed by atoms with Crippen LogP contribution in [0.2, 0.25) is 0 Å². The lowest BCUT2D eigenvalue weighted by Crippen LogP contribution is -2.36. The summed E-state index contributed by atoms with van der Waals surface area (Å²) < 4.78 is 61.0. The number of esters is 1. The van der Waals surface area contributed by atoms with Crippen molar-refractivity contribution < 1.29 is 35.5 Å². The van der Waals surface area contributed by atoms with Crippen LogP contribution < -0.4 is 0 Å². The van der Waals surface area contributed by atoms with Gasteiger partial charge in [0, 0.05) is 6.54 Å². The molecule has 0 unspecified atom stereocenters. The normalized spacial score (nSPS) is 15.9. The predicted molar refractivity (Wildman–Crippen MR) is 118 cm³/mol. The summed E-state index contributed by atoms with van der Waals surface area (Å²) in [4.78, 5) is 15.0. The van der Waals surface area contributed by atoms with Gasteiger partial charge >= 0.3 is 5.97 Å². The molecule has 1 aromatic carbocycles. The maximum atomic E-state index is 12.7. The minimum Gasteiger partial charge on any atom is -0.464 e. The van der Waals surface area contributed by atoms with Gasteiger partial charge in [-0.25, -0.2) is 0 Å². The van der Waals surface area contributed by atoms with E-state index >= 15 is 0 Å². The van der Waals surface area contributed by atoms with Crippen molar-refractivity contribution in [2.24, 2.45) is 0 Å². The molecule has 1 aromatic rings. The molecule has 9 nitrogen and oxygen atoms in total. The van der Waals surface area contributed by atoms with Gasteiger partial charge in [0.1, 0.15) is 6.61 Å². The zero-order chi connectivity index (χ0) is 23.5. The number of hydrogen-bond donors (Lipinski definition) is 2. The van der Waals surface area contributed by atoms with Gasteiger partial charge in [0.05, 0.1) is 16.9 Å². The molecule has 1 saturated carbocycles. The molecule has 1 aliphatic rings. The second-order valence-electron chi connectivity index (χ2n) is 7.39. The average Bonchev–Trinajstić information content (AvgIpc) is 3.21. The highest BCUT2D eigenvalue weighted by molar-refractivity contribution is 7.89. The van der Waals surface area contributed by atoms with Crippen molar-refractivity contribution in [2.45, 2.75) is 44.9 Å². The minimum atomic E-state index is -4.30. The molecule has 31 heavy (non-hydrogen) atoms. The maximum absolute atomic E-state index is 12.7. The Balaban J connectivity index is 0.000000407. The standard InChI is InChI=1S/C18H27NO2.C2H6O6S2/c1-3-19(4-2)14-15-21-17(20)18(12-8-9-13-18)16-10-6-5-7-11-16;3-9(4,5)1-2-10(6,7)8/h5-7,10-11H,3-4,8-9,12-15H2,1-2H3;1-2H2,(H,3,4,5)(H,6,7,8).